The molecule has 0 N–H and O–H groups in total. The van der Waals surface area contributed by atoms with Crippen molar-refractivity contribution < 1.29 is 0 Å². The van der Waals surface area contributed by atoms with Crippen LogP contribution in [0.15, 0.2) is 12.5 Å². The van der Waals surface area contributed by atoms with Crippen LogP contribution < -0.4 is 0 Å². The summed E-state index contributed by atoms with van der Waals surface area (Å²) in [6, 6.07) is 0.798. The molecule has 1 aliphatic rings. The first-order valence-corrected chi connectivity index (χ1v) is 9.15. The molecule has 0 spiro atoms. The van der Waals surface area contributed by atoms with Gasteiger partial charge in [0.25, 0.3) is 0 Å². The third-order valence-electron chi connectivity index (χ3n) is 3.13. The van der Waals surface area contributed by atoms with Crippen molar-refractivity contribution in [3.63, 3.8) is 0 Å². The lowest BCUT2D eigenvalue weighted by atomic mass is 10.1. The van der Waals surface area contributed by atoms with Gasteiger partial charge in [0.15, 0.2) is 0 Å². The lowest BCUT2D eigenvalue weighted by Crippen LogP contribution is -2.21. The van der Waals surface area contributed by atoms with Crippen molar-refractivity contribution >= 4 is 30.3 Å². The summed E-state index contributed by atoms with van der Waals surface area (Å²) in [6.07, 6.45) is 9.37. The topological polar surface area (TPSA) is 21.1 Å². The highest BCUT2D eigenvalue weighted by Crippen LogP contribution is 2.31. The van der Waals surface area contributed by atoms with Gasteiger partial charge in [-0.25, -0.2) is 9.29 Å². The molecule has 2 heterocycles. The molecule has 1 fully saturated rings. The lowest BCUT2D eigenvalue weighted by Gasteiger charge is -2.20. The third kappa shape index (κ3) is 3.37. The Kier molecular flexibility index (Phi) is 4.97. The number of nitrogens with zero attached hydrogens (tertiary/aromatic N) is 3. The van der Waals surface area contributed by atoms with Crippen LogP contribution in [-0.4, -0.2) is 26.4 Å². The largest absolute Gasteiger partial charge is 0.337 e. The zero-order valence-corrected chi connectivity index (χ0v) is 12.6. The fourth-order valence-electron chi connectivity index (χ4n) is 2.29. The molecule has 1 aromatic heterocycles. The van der Waals surface area contributed by atoms with Gasteiger partial charge in [-0.3, -0.25) is 0 Å². The molecule has 1 aliphatic heterocycles. The van der Waals surface area contributed by atoms with Gasteiger partial charge in [-0.15, -0.1) is 0 Å². The van der Waals surface area contributed by atoms with Gasteiger partial charge >= 0.3 is 0 Å². The van der Waals surface area contributed by atoms with E-state index in [4.69, 9.17) is 0 Å². The highest BCUT2D eigenvalue weighted by molar-refractivity contribution is 14.2. The van der Waals surface area contributed by atoms with Crippen molar-refractivity contribution in [1.29, 1.82) is 0 Å². The summed E-state index contributed by atoms with van der Waals surface area (Å²) in [5.74, 6) is 0. The fourth-order valence-corrected chi connectivity index (χ4v) is 4.37. The smallest absolute Gasteiger partial charge is 0.0949 e. The van der Waals surface area contributed by atoms with Crippen LogP contribution in [0.1, 0.15) is 31.4 Å². The second-order valence-electron chi connectivity index (χ2n) is 4.40. The summed E-state index contributed by atoms with van der Waals surface area (Å²) >= 11 is 2.40. The monoisotopic (exact) mass is 351 g/mol. The predicted octanol–water partition coefficient (Wildman–Crippen LogP) is 3.43. The van der Waals surface area contributed by atoms with E-state index >= 15 is 0 Å². The Morgan fingerprint density at radius 1 is 1.62 bits per heavy atom. The molecule has 0 aromatic carbocycles. The zero-order chi connectivity index (χ0) is 11.4. The van der Waals surface area contributed by atoms with Crippen molar-refractivity contribution in [2.45, 2.75) is 45.2 Å². The molecule has 0 aliphatic carbocycles. The van der Waals surface area contributed by atoms with Crippen LogP contribution in [-0.2, 0) is 6.54 Å². The van der Waals surface area contributed by atoms with Crippen molar-refractivity contribution in [1.82, 2.24) is 13.9 Å². The van der Waals surface area contributed by atoms with E-state index < -0.39 is 0 Å². The molecule has 5 heteroatoms. The van der Waals surface area contributed by atoms with E-state index in [0.29, 0.717) is 0 Å². The van der Waals surface area contributed by atoms with Crippen molar-refractivity contribution in [2.75, 3.05) is 6.54 Å². The molecular formula is C11H18IN3S. The zero-order valence-electron chi connectivity index (χ0n) is 9.60. The molecule has 16 heavy (non-hydrogen) atoms. The van der Waals surface area contributed by atoms with E-state index in [2.05, 4.69) is 41.3 Å². The van der Waals surface area contributed by atoms with Crippen molar-refractivity contribution in [2.24, 2.45) is 0 Å². The van der Waals surface area contributed by atoms with E-state index in [-0.39, 0.29) is 0 Å². The maximum Gasteiger partial charge on any atom is 0.0949 e. The number of hydrogen-bond acceptors (Lipinski definition) is 3. The van der Waals surface area contributed by atoms with Crippen LogP contribution >= 0.6 is 30.3 Å². The molecule has 2 rings (SSSR count). The maximum atomic E-state index is 4.25. The molecule has 0 amide bonds. The number of imidazole rings is 1. The van der Waals surface area contributed by atoms with Gasteiger partial charge in [-0.05, 0) is 41.7 Å². The molecule has 90 valence electrons. The Morgan fingerprint density at radius 2 is 2.50 bits per heavy atom. The van der Waals surface area contributed by atoms with E-state index in [1.54, 1.807) is 0 Å². The van der Waals surface area contributed by atoms with Gasteiger partial charge < -0.3 is 4.57 Å². The summed E-state index contributed by atoms with van der Waals surface area (Å²) in [4.78, 5) is 4.25. The Labute approximate surface area is 114 Å². The SMILES string of the molecule is Cc1cn(CCCC2CCCN2SI)cn1. The number of rotatable bonds is 5. The van der Waals surface area contributed by atoms with Crippen molar-refractivity contribution in [3.05, 3.63) is 18.2 Å². The Bertz CT molecular complexity index is 329. The van der Waals surface area contributed by atoms with Crippen LogP contribution in [0.2, 0.25) is 0 Å². The normalized spacial score (nSPS) is 21.8. The van der Waals surface area contributed by atoms with Crippen LogP contribution in [0.3, 0.4) is 0 Å². The summed E-state index contributed by atoms with van der Waals surface area (Å²) in [7, 11) is 1.88. The van der Waals surface area contributed by atoms with Crippen LogP contribution in [0.4, 0.5) is 0 Å². The lowest BCUT2D eigenvalue weighted by molar-refractivity contribution is 0.395. The first-order valence-electron chi connectivity index (χ1n) is 5.83. The summed E-state index contributed by atoms with van der Waals surface area (Å²) < 4.78 is 4.73. The molecule has 1 atom stereocenters. The minimum absolute atomic E-state index is 0.798. The Balaban J connectivity index is 1.71. The fraction of sp³-hybridized carbons (Fsp3) is 0.727. The van der Waals surface area contributed by atoms with Crippen molar-refractivity contribution in [3.8, 4) is 0 Å². The Morgan fingerprint density at radius 3 is 3.19 bits per heavy atom. The molecule has 1 aromatic rings. The Hall–Kier alpha value is 0.250. The van der Waals surface area contributed by atoms with Crippen LogP contribution in [0.5, 0.6) is 0 Å². The first-order chi connectivity index (χ1) is 7.79. The second kappa shape index (κ2) is 6.26. The standard InChI is InChI=1S/C11H18IN3S/c1-10-8-14(9-13-10)6-2-4-11-5-3-7-15(11)16-12/h8-9,11H,2-7H2,1H3. The minimum Gasteiger partial charge on any atom is -0.337 e. The number of aryl methyl sites for hydroxylation is 2. The predicted molar refractivity (Wildman–Crippen MR) is 77.5 cm³/mol. The summed E-state index contributed by atoms with van der Waals surface area (Å²) in [5.41, 5.74) is 1.12. The third-order valence-corrected chi connectivity index (χ3v) is 5.30. The number of halogens is 1. The van der Waals surface area contributed by atoms with Crippen LogP contribution in [0, 0.1) is 6.92 Å². The van der Waals surface area contributed by atoms with E-state index in [9.17, 15) is 0 Å². The number of aromatic nitrogens is 2. The van der Waals surface area contributed by atoms with Gasteiger partial charge in [0.1, 0.15) is 0 Å². The molecule has 1 unspecified atom stereocenters. The number of hydrogen-bond donors (Lipinski definition) is 0. The van der Waals surface area contributed by atoms with E-state index in [1.807, 2.05) is 22.4 Å². The summed E-state index contributed by atoms with van der Waals surface area (Å²) in [6.45, 7) is 4.42. The maximum absolute atomic E-state index is 4.25. The van der Waals surface area contributed by atoms with Gasteiger partial charge in [0, 0.05) is 46.5 Å². The molecule has 3 nitrogen and oxygen atoms in total. The molecule has 0 saturated carbocycles. The molecule has 1 saturated heterocycles. The van der Waals surface area contributed by atoms with E-state index in [1.165, 1.54) is 32.2 Å². The average molecular weight is 351 g/mol. The van der Waals surface area contributed by atoms with Gasteiger partial charge in [0.05, 0.1) is 12.0 Å². The highest BCUT2D eigenvalue weighted by Gasteiger charge is 2.23. The first kappa shape index (κ1) is 12.7. The van der Waals surface area contributed by atoms with Crippen LogP contribution in [0.25, 0.3) is 0 Å². The van der Waals surface area contributed by atoms with Gasteiger partial charge in [0.2, 0.25) is 0 Å². The molecule has 0 radical (unpaired) electrons. The summed E-state index contributed by atoms with van der Waals surface area (Å²) in [5, 5.41) is 0. The quantitative estimate of drug-likeness (QED) is 0.599. The second-order valence-corrected chi connectivity index (χ2v) is 6.19. The molecule has 0 bridgehead atoms. The van der Waals surface area contributed by atoms with E-state index in [0.717, 1.165) is 18.3 Å². The average Bonchev–Trinajstić information content (AvgIpc) is 2.87. The van der Waals surface area contributed by atoms with Gasteiger partial charge in [-0.1, -0.05) is 0 Å². The van der Waals surface area contributed by atoms with Gasteiger partial charge in [-0.2, -0.15) is 0 Å². The molecular weight excluding hydrogens is 333 g/mol. The minimum atomic E-state index is 0.798. The highest BCUT2D eigenvalue weighted by atomic mass is 127.